The van der Waals surface area contributed by atoms with Crippen LogP contribution in [0.3, 0.4) is 0 Å². The van der Waals surface area contributed by atoms with E-state index in [0.29, 0.717) is 10.8 Å². The van der Waals surface area contributed by atoms with Gasteiger partial charge in [-0.2, -0.15) is 0 Å². The third kappa shape index (κ3) is 3.63. The van der Waals surface area contributed by atoms with Crippen LogP contribution in [0, 0.1) is 0 Å². The van der Waals surface area contributed by atoms with Gasteiger partial charge in [0.2, 0.25) is 0 Å². The van der Waals surface area contributed by atoms with Crippen LogP contribution in [0.25, 0.3) is 0 Å². The summed E-state index contributed by atoms with van der Waals surface area (Å²) in [6, 6.07) is 6.86. The minimum absolute atomic E-state index is 0.0663. The van der Waals surface area contributed by atoms with E-state index in [-0.39, 0.29) is 13.2 Å². The first kappa shape index (κ1) is 10.3. The minimum Gasteiger partial charge on any atom is -0.491 e. The Morgan fingerprint density at radius 2 is 2.23 bits per heavy atom. The molecule has 0 aliphatic heterocycles. The molecule has 2 N–H and O–H groups in total. The molecule has 0 radical (unpaired) electrons. The van der Waals surface area contributed by atoms with E-state index < -0.39 is 6.10 Å². The van der Waals surface area contributed by atoms with Gasteiger partial charge in [0.25, 0.3) is 0 Å². The zero-order valence-corrected chi connectivity index (χ0v) is 7.74. The summed E-state index contributed by atoms with van der Waals surface area (Å²) in [7, 11) is 0. The molecule has 0 saturated carbocycles. The summed E-state index contributed by atoms with van der Waals surface area (Å²) in [5, 5.41) is 18.1. The van der Waals surface area contributed by atoms with Crippen LogP contribution < -0.4 is 4.74 Å². The first-order chi connectivity index (χ1) is 6.22. The van der Waals surface area contributed by atoms with E-state index in [1.165, 1.54) is 0 Å². The molecular formula is C9H11ClO3. The van der Waals surface area contributed by atoms with Gasteiger partial charge in [0.05, 0.1) is 6.61 Å². The molecule has 0 amide bonds. The van der Waals surface area contributed by atoms with Crippen molar-refractivity contribution in [2.75, 3.05) is 13.2 Å². The third-order valence-corrected chi connectivity index (χ3v) is 1.68. The zero-order valence-electron chi connectivity index (χ0n) is 6.98. The van der Waals surface area contributed by atoms with Crippen molar-refractivity contribution >= 4 is 11.6 Å². The molecular weight excluding hydrogens is 192 g/mol. The van der Waals surface area contributed by atoms with Crippen LogP contribution in [-0.2, 0) is 0 Å². The highest BCUT2D eigenvalue weighted by Gasteiger charge is 2.02. The maximum atomic E-state index is 8.98. The molecule has 4 heteroatoms. The average Bonchev–Trinajstić information content (AvgIpc) is 2.14. The van der Waals surface area contributed by atoms with Crippen molar-refractivity contribution in [1.82, 2.24) is 0 Å². The molecule has 72 valence electrons. The average molecular weight is 203 g/mol. The van der Waals surface area contributed by atoms with Crippen LogP contribution in [-0.4, -0.2) is 29.5 Å². The number of benzene rings is 1. The second kappa shape index (κ2) is 5.07. The minimum atomic E-state index is -0.848. The molecule has 13 heavy (non-hydrogen) atoms. The fourth-order valence-electron chi connectivity index (χ4n) is 0.802. The van der Waals surface area contributed by atoms with Crippen molar-refractivity contribution in [3.05, 3.63) is 29.3 Å². The van der Waals surface area contributed by atoms with Gasteiger partial charge in [-0.25, -0.2) is 0 Å². The quantitative estimate of drug-likeness (QED) is 0.768. The Labute approximate surface area is 81.5 Å². The Balaban J connectivity index is 2.45. The number of ether oxygens (including phenoxy) is 1. The van der Waals surface area contributed by atoms with E-state index >= 15 is 0 Å². The van der Waals surface area contributed by atoms with E-state index in [0.717, 1.165) is 0 Å². The topological polar surface area (TPSA) is 49.7 Å². The standard InChI is InChI=1S/C9H11ClO3/c10-7-2-1-3-9(4-7)13-6-8(12)5-11/h1-4,8,11-12H,5-6H2/t8-/m0/s1. The van der Waals surface area contributed by atoms with Gasteiger partial charge in [0, 0.05) is 5.02 Å². The molecule has 0 fully saturated rings. The fraction of sp³-hybridized carbons (Fsp3) is 0.333. The van der Waals surface area contributed by atoms with Gasteiger partial charge in [0.15, 0.2) is 0 Å². The lowest BCUT2D eigenvalue weighted by Gasteiger charge is -2.09. The summed E-state index contributed by atoms with van der Waals surface area (Å²) in [5.41, 5.74) is 0. The summed E-state index contributed by atoms with van der Waals surface area (Å²) >= 11 is 5.70. The largest absolute Gasteiger partial charge is 0.491 e. The Morgan fingerprint density at radius 3 is 2.85 bits per heavy atom. The van der Waals surface area contributed by atoms with Gasteiger partial charge in [-0.15, -0.1) is 0 Å². The van der Waals surface area contributed by atoms with E-state index in [9.17, 15) is 0 Å². The van der Waals surface area contributed by atoms with E-state index in [1.54, 1.807) is 24.3 Å². The number of hydrogen-bond acceptors (Lipinski definition) is 3. The zero-order chi connectivity index (χ0) is 9.68. The van der Waals surface area contributed by atoms with Gasteiger partial charge in [0.1, 0.15) is 18.5 Å². The maximum Gasteiger partial charge on any atom is 0.120 e. The molecule has 0 bridgehead atoms. The summed E-state index contributed by atoms with van der Waals surface area (Å²) in [6.45, 7) is -0.239. The van der Waals surface area contributed by atoms with Gasteiger partial charge >= 0.3 is 0 Å². The monoisotopic (exact) mass is 202 g/mol. The van der Waals surface area contributed by atoms with Crippen LogP contribution >= 0.6 is 11.6 Å². The molecule has 0 aliphatic carbocycles. The molecule has 0 spiro atoms. The van der Waals surface area contributed by atoms with Crippen molar-refractivity contribution < 1.29 is 14.9 Å². The maximum absolute atomic E-state index is 8.98. The highest BCUT2D eigenvalue weighted by atomic mass is 35.5. The number of hydrogen-bond donors (Lipinski definition) is 2. The Hall–Kier alpha value is -0.770. The molecule has 0 aliphatic rings. The lowest BCUT2D eigenvalue weighted by Crippen LogP contribution is -2.21. The van der Waals surface area contributed by atoms with Crippen LogP contribution in [0.5, 0.6) is 5.75 Å². The summed E-state index contributed by atoms with van der Waals surface area (Å²) < 4.78 is 5.15. The lowest BCUT2D eigenvalue weighted by atomic mass is 10.3. The predicted octanol–water partition coefficient (Wildman–Crippen LogP) is 1.07. The van der Waals surface area contributed by atoms with E-state index in [4.69, 9.17) is 26.6 Å². The van der Waals surface area contributed by atoms with Crippen LogP contribution in [0.1, 0.15) is 0 Å². The van der Waals surface area contributed by atoms with Crippen molar-refractivity contribution in [2.45, 2.75) is 6.10 Å². The SMILES string of the molecule is OC[C@H](O)COc1cccc(Cl)c1. The molecule has 0 heterocycles. The van der Waals surface area contributed by atoms with Gasteiger partial charge in [-0.3, -0.25) is 0 Å². The molecule has 1 aromatic carbocycles. The molecule has 0 aromatic heterocycles. The predicted molar refractivity (Wildman–Crippen MR) is 50.0 cm³/mol. The smallest absolute Gasteiger partial charge is 0.120 e. The molecule has 1 aromatic rings. The van der Waals surface area contributed by atoms with Crippen molar-refractivity contribution in [3.8, 4) is 5.75 Å². The highest BCUT2D eigenvalue weighted by Crippen LogP contribution is 2.16. The number of aliphatic hydroxyl groups is 2. The third-order valence-electron chi connectivity index (χ3n) is 1.45. The van der Waals surface area contributed by atoms with Gasteiger partial charge < -0.3 is 14.9 Å². The molecule has 1 rings (SSSR count). The molecule has 0 saturated heterocycles. The Morgan fingerprint density at radius 1 is 1.46 bits per heavy atom. The molecule has 1 atom stereocenters. The van der Waals surface area contributed by atoms with Gasteiger partial charge in [-0.05, 0) is 18.2 Å². The normalized spacial score (nSPS) is 12.5. The first-order valence-electron chi connectivity index (χ1n) is 3.89. The van der Waals surface area contributed by atoms with E-state index in [2.05, 4.69) is 0 Å². The van der Waals surface area contributed by atoms with Crippen molar-refractivity contribution in [1.29, 1.82) is 0 Å². The van der Waals surface area contributed by atoms with Gasteiger partial charge in [-0.1, -0.05) is 17.7 Å². The summed E-state index contributed by atoms with van der Waals surface area (Å²) in [4.78, 5) is 0. The second-order valence-corrected chi connectivity index (χ2v) is 3.04. The fourth-order valence-corrected chi connectivity index (χ4v) is 0.982. The first-order valence-corrected chi connectivity index (χ1v) is 4.27. The van der Waals surface area contributed by atoms with Crippen molar-refractivity contribution in [3.63, 3.8) is 0 Å². The number of halogens is 1. The summed E-state index contributed by atoms with van der Waals surface area (Å²) in [5.74, 6) is 0.583. The Bertz CT molecular complexity index is 265. The van der Waals surface area contributed by atoms with Crippen LogP contribution in [0.4, 0.5) is 0 Å². The van der Waals surface area contributed by atoms with Crippen molar-refractivity contribution in [2.24, 2.45) is 0 Å². The number of aliphatic hydroxyl groups excluding tert-OH is 2. The van der Waals surface area contributed by atoms with Crippen LogP contribution in [0.2, 0.25) is 5.02 Å². The van der Waals surface area contributed by atoms with E-state index in [1.807, 2.05) is 0 Å². The molecule has 3 nitrogen and oxygen atoms in total. The second-order valence-electron chi connectivity index (χ2n) is 2.60. The lowest BCUT2D eigenvalue weighted by molar-refractivity contribution is 0.0536. The highest BCUT2D eigenvalue weighted by molar-refractivity contribution is 6.30. The number of rotatable bonds is 4. The Kier molecular flexibility index (Phi) is 4.02. The summed E-state index contributed by atoms with van der Waals surface area (Å²) in [6.07, 6.45) is -0.848. The molecule has 0 unspecified atom stereocenters. The van der Waals surface area contributed by atoms with Crippen LogP contribution in [0.15, 0.2) is 24.3 Å².